The molecule has 0 N–H and O–H groups in total. The zero-order chi connectivity index (χ0) is 16.5. The van der Waals surface area contributed by atoms with Gasteiger partial charge in [0.05, 0.1) is 11.1 Å². The van der Waals surface area contributed by atoms with Crippen molar-refractivity contribution in [3.8, 4) is 5.75 Å². The summed E-state index contributed by atoms with van der Waals surface area (Å²) in [6.45, 7) is 1.59. The van der Waals surface area contributed by atoms with Crippen LogP contribution in [0.3, 0.4) is 0 Å². The van der Waals surface area contributed by atoms with E-state index in [2.05, 4.69) is 0 Å². The molecule has 2 aromatic rings. The van der Waals surface area contributed by atoms with E-state index in [1.165, 1.54) is 18.2 Å². The minimum Gasteiger partial charge on any atom is -0.423 e. The summed E-state index contributed by atoms with van der Waals surface area (Å²) in [4.78, 5) is 11.9. The van der Waals surface area contributed by atoms with Crippen molar-refractivity contribution in [1.82, 2.24) is 0 Å². The molecule has 0 heterocycles. The second-order valence-electron chi connectivity index (χ2n) is 4.49. The highest BCUT2D eigenvalue weighted by Crippen LogP contribution is 2.31. The summed E-state index contributed by atoms with van der Waals surface area (Å²) < 4.78 is 56.3. The molecule has 22 heavy (non-hydrogen) atoms. The van der Waals surface area contributed by atoms with E-state index < -0.39 is 29.1 Å². The third kappa shape index (κ3) is 3.57. The number of carbonyl (C=O) groups excluding carboxylic acids is 1. The van der Waals surface area contributed by atoms with Gasteiger partial charge in [-0.2, -0.15) is 13.2 Å². The number of ether oxygens (including phenoxy) is 1. The molecule has 0 aliphatic heterocycles. The molecule has 116 valence electrons. The summed E-state index contributed by atoms with van der Waals surface area (Å²) in [6, 6.07) is 5.88. The van der Waals surface area contributed by atoms with Crippen molar-refractivity contribution in [3.63, 3.8) is 0 Å². The van der Waals surface area contributed by atoms with Gasteiger partial charge in [-0.15, -0.1) is 0 Å². The van der Waals surface area contributed by atoms with Gasteiger partial charge in [-0.25, -0.2) is 9.18 Å². The van der Waals surface area contributed by atoms with Crippen LogP contribution < -0.4 is 4.74 Å². The molecule has 0 saturated carbocycles. The molecule has 0 fully saturated rings. The summed E-state index contributed by atoms with van der Waals surface area (Å²) in [7, 11) is 0. The lowest BCUT2D eigenvalue weighted by Crippen LogP contribution is -2.14. The maximum atomic E-state index is 13.6. The molecule has 0 unspecified atom stereocenters. The minimum atomic E-state index is -4.68. The Hall–Kier alpha value is -2.08. The molecule has 2 nitrogen and oxygen atoms in total. The van der Waals surface area contributed by atoms with Crippen LogP contribution in [0.5, 0.6) is 5.75 Å². The normalized spacial score (nSPS) is 11.4. The molecule has 0 radical (unpaired) electrons. The lowest BCUT2D eigenvalue weighted by molar-refractivity contribution is -0.137. The van der Waals surface area contributed by atoms with Crippen LogP contribution in [0.1, 0.15) is 21.5 Å². The molecule has 0 saturated heterocycles. The van der Waals surface area contributed by atoms with Gasteiger partial charge in [0.25, 0.3) is 0 Å². The lowest BCUT2D eigenvalue weighted by atomic mass is 10.1. The molecule has 0 aliphatic carbocycles. The van der Waals surface area contributed by atoms with Crippen LogP contribution in [-0.2, 0) is 6.18 Å². The van der Waals surface area contributed by atoms with Crippen molar-refractivity contribution in [3.05, 3.63) is 63.9 Å². The minimum absolute atomic E-state index is 0.0891. The Morgan fingerprint density at radius 1 is 1.14 bits per heavy atom. The Bertz CT molecular complexity index is 726. The van der Waals surface area contributed by atoms with Crippen molar-refractivity contribution in [1.29, 1.82) is 0 Å². The molecular weight excluding hydrogens is 324 g/mol. The van der Waals surface area contributed by atoms with E-state index in [4.69, 9.17) is 16.3 Å². The zero-order valence-electron chi connectivity index (χ0n) is 11.2. The van der Waals surface area contributed by atoms with Gasteiger partial charge in [0.15, 0.2) is 0 Å². The summed E-state index contributed by atoms with van der Waals surface area (Å²) >= 11 is 5.74. The number of benzene rings is 2. The van der Waals surface area contributed by atoms with E-state index in [1.807, 2.05) is 0 Å². The van der Waals surface area contributed by atoms with Gasteiger partial charge in [-0.3, -0.25) is 0 Å². The quantitative estimate of drug-likeness (QED) is 0.438. The van der Waals surface area contributed by atoms with Crippen LogP contribution in [0.25, 0.3) is 0 Å². The first kappa shape index (κ1) is 16.3. The average Bonchev–Trinajstić information content (AvgIpc) is 2.41. The fourth-order valence-corrected chi connectivity index (χ4v) is 1.97. The summed E-state index contributed by atoms with van der Waals surface area (Å²) in [5.41, 5.74) is -1.42. The Morgan fingerprint density at radius 2 is 1.82 bits per heavy atom. The summed E-state index contributed by atoms with van der Waals surface area (Å²) in [5, 5.41) is 0.405. The van der Waals surface area contributed by atoms with Crippen LogP contribution in [0.15, 0.2) is 36.4 Å². The van der Waals surface area contributed by atoms with Gasteiger partial charge >= 0.3 is 12.1 Å². The van der Waals surface area contributed by atoms with Crippen molar-refractivity contribution in [2.24, 2.45) is 0 Å². The highest BCUT2D eigenvalue weighted by Gasteiger charge is 2.32. The molecule has 0 aliphatic rings. The molecule has 0 amide bonds. The van der Waals surface area contributed by atoms with Crippen LogP contribution in [-0.4, -0.2) is 5.97 Å². The monoisotopic (exact) mass is 332 g/mol. The molecule has 0 spiro atoms. The first-order valence-corrected chi connectivity index (χ1v) is 6.41. The maximum absolute atomic E-state index is 13.6. The highest BCUT2D eigenvalue weighted by atomic mass is 35.5. The average molecular weight is 333 g/mol. The van der Waals surface area contributed by atoms with E-state index in [0.717, 1.165) is 0 Å². The van der Waals surface area contributed by atoms with Gasteiger partial charge in [0, 0.05) is 5.02 Å². The van der Waals surface area contributed by atoms with Crippen LogP contribution in [0.2, 0.25) is 5.02 Å². The number of alkyl halides is 3. The van der Waals surface area contributed by atoms with Crippen LogP contribution in [0.4, 0.5) is 17.6 Å². The third-order valence-electron chi connectivity index (χ3n) is 2.85. The maximum Gasteiger partial charge on any atom is 0.416 e. The molecule has 0 bridgehead atoms. The van der Waals surface area contributed by atoms with E-state index in [-0.39, 0.29) is 5.75 Å². The van der Waals surface area contributed by atoms with Crippen molar-refractivity contribution in [2.45, 2.75) is 13.1 Å². The number of esters is 1. The molecule has 2 aromatic carbocycles. The number of halogens is 5. The Labute approximate surface area is 128 Å². The largest absolute Gasteiger partial charge is 0.423 e. The Morgan fingerprint density at radius 3 is 2.41 bits per heavy atom. The van der Waals surface area contributed by atoms with Gasteiger partial charge in [-0.05, 0) is 48.9 Å². The standard InChI is InChI=1S/C15H9ClF4O2/c1-8-6-10(16)3-5-13(8)22-14(21)11-7-9(15(18,19)20)2-4-12(11)17/h2-7H,1H3. The van der Waals surface area contributed by atoms with E-state index in [0.29, 0.717) is 28.8 Å². The predicted molar refractivity (Wildman–Crippen MR) is 72.5 cm³/mol. The number of aryl methyl sites for hydroxylation is 1. The van der Waals surface area contributed by atoms with Gasteiger partial charge < -0.3 is 4.74 Å². The van der Waals surface area contributed by atoms with Crippen molar-refractivity contribution < 1.29 is 27.1 Å². The fraction of sp³-hybridized carbons (Fsp3) is 0.133. The summed E-state index contributed by atoms with van der Waals surface area (Å²) in [6.07, 6.45) is -4.68. The van der Waals surface area contributed by atoms with Crippen molar-refractivity contribution in [2.75, 3.05) is 0 Å². The third-order valence-corrected chi connectivity index (χ3v) is 3.09. The number of carbonyl (C=O) groups is 1. The molecule has 0 atom stereocenters. The van der Waals surface area contributed by atoms with Crippen LogP contribution >= 0.6 is 11.6 Å². The number of hydrogen-bond acceptors (Lipinski definition) is 2. The fourth-order valence-electron chi connectivity index (χ4n) is 1.74. The molecule has 7 heteroatoms. The SMILES string of the molecule is Cc1cc(Cl)ccc1OC(=O)c1cc(C(F)(F)F)ccc1F. The second kappa shape index (κ2) is 5.96. The van der Waals surface area contributed by atoms with Gasteiger partial charge in [0.2, 0.25) is 0 Å². The zero-order valence-corrected chi connectivity index (χ0v) is 11.9. The first-order valence-electron chi connectivity index (χ1n) is 6.03. The van der Waals surface area contributed by atoms with E-state index >= 15 is 0 Å². The van der Waals surface area contributed by atoms with E-state index in [1.54, 1.807) is 6.92 Å². The Kier molecular flexibility index (Phi) is 4.42. The highest BCUT2D eigenvalue weighted by molar-refractivity contribution is 6.30. The van der Waals surface area contributed by atoms with Gasteiger partial charge in [0.1, 0.15) is 11.6 Å². The predicted octanol–water partition coefficient (Wildman–Crippen LogP) is 5.03. The number of hydrogen-bond donors (Lipinski definition) is 0. The van der Waals surface area contributed by atoms with E-state index in [9.17, 15) is 22.4 Å². The number of rotatable bonds is 2. The Balaban J connectivity index is 2.33. The smallest absolute Gasteiger partial charge is 0.416 e. The lowest BCUT2D eigenvalue weighted by Gasteiger charge is -2.11. The molecule has 0 aromatic heterocycles. The molecular formula is C15H9ClF4O2. The van der Waals surface area contributed by atoms with Crippen molar-refractivity contribution >= 4 is 17.6 Å². The summed E-state index contributed by atoms with van der Waals surface area (Å²) in [5.74, 6) is -2.22. The first-order chi connectivity index (χ1) is 10.2. The molecule has 2 rings (SSSR count). The van der Waals surface area contributed by atoms with Gasteiger partial charge in [-0.1, -0.05) is 11.6 Å². The van der Waals surface area contributed by atoms with Crippen LogP contribution in [0, 0.1) is 12.7 Å². The topological polar surface area (TPSA) is 26.3 Å². The second-order valence-corrected chi connectivity index (χ2v) is 4.93.